The van der Waals surface area contributed by atoms with E-state index < -0.39 is 97.5 Å². The van der Waals surface area contributed by atoms with Crippen molar-refractivity contribution in [3.63, 3.8) is 0 Å². The normalized spacial score (nSPS) is 14.1. The number of rotatable bonds is 76. The second-order valence-corrected chi connectivity index (χ2v) is 31.6. The van der Waals surface area contributed by atoms with E-state index in [0.717, 1.165) is 115 Å². The van der Waals surface area contributed by atoms with Gasteiger partial charge >= 0.3 is 39.5 Å². The smallest absolute Gasteiger partial charge is 0.462 e. The van der Waals surface area contributed by atoms with Crippen molar-refractivity contribution in [1.29, 1.82) is 0 Å². The van der Waals surface area contributed by atoms with Gasteiger partial charge in [-0.05, 0) is 63.2 Å². The molecule has 19 heteroatoms. The van der Waals surface area contributed by atoms with Crippen LogP contribution in [-0.2, 0) is 65.4 Å². The van der Waals surface area contributed by atoms with Gasteiger partial charge in [0.25, 0.3) is 0 Å². The SMILES string of the molecule is CCCCCC/C=C\C=C/CCCCCCCC(=O)O[C@H](COC(=O)CCCCCCCCCC(C)C)COP(=O)(O)OC[C@H](O)COP(=O)(O)OC[C@@H](COC(=O)CCCCCCCCCCCCCCCC(C)C)OC(=O)CCCCCCCCCCCCCCCCCCC. The Bertz CT molecular complexity index is 1980. The van der Waals surface area contributed by atoms with Gasteiger partial charge in [-0.1, -0.05) is 336 Å². The molecule has 578 valence electrons. The van der Waals surface area contributed by atoms with Gasteiger partial charge in [0.05, 0.1) is 26.4 Å². The Balaban J connectivity index is 5.28. The number of esters is 4. The third-order valence-electron chi connectivity index (χ3n) is 17.8. The molecular weight excluding hydrogens is 1280 g/mol. The third kappa shape index (κ3) is 71.9. The highest BCUT2D eigenvalue weighted by atomic mass is 31.2. The molecule has 0 saturated heterocycles. The topological polar surface area (TPSA) is 237 Å². The monoisotopic (exact) mass is 1430 g/mol. The van der Waals surface area contributed by atoms with Crippen LogP contribution in [0, 0.1) is 11.8 Å². The highest BCUT2D eigenvalue weighted by molar-refractivity contribution is 7.47. The number of aliphatic hydroxyl groups excluding tert-OH is 1. The number of phosphoric ester groups is 2. The van der Waals surface area contributed by atoms with Crippen LogP contribution in [0.3, 0.4) is 0 Å². The highest BCUT2D eigenvalue weighted by Crippen LogP contribution is 2.45. The number of ether oxygens (including phenoxy) is 4. The number of carbonyl (C=O) groups is 4. The molecule has 0 radical (unpaired) electrons. The predicted molar refractivity (Wildman–Crippen MR) is 400 cm³/mol. The zero-order valence-corrected chi connectivity index (χ0v) is 65.4. The van der Waals surface area contributed by atoms with Gasteiger partial charge in [-0.2, -0.15) is 0 Å². The Morgan fingerprint density at radius 2 is 0.551 bits per heavy atom. The molecule has 0 heterocycles. The number of hydrogen-bond acceptors (Lipinski definition) is 15. The molecule has 0 aliphatic rings. The molecule has 17 nitrogen and oxygen atoms in total. The van der Waals surface area contributed by atoms with Crippen molar-refractivity contribution in [2.45, 2.75) is 407 Å². The van der Waals surface area contributed by atoms with E-state index in [4.69, 9.17) is 37.0 Å². The first kappa shape index (κ1) is 95.5. The van der Waals surface area contributed by atoms with Gasteiger partial charge < -0.3 is 33.8 Å². The van der Waals surface area contributed by atoms with Gasteiger partial charge in [-0.3, -0.25) is 37.3 Å². The van der Waals surface area contributed by atoms with Crippen LogP contribution < -0.4 is 0 Å². The fourth-order valence-corrected chi connectivity index (χ4v) is 13.2. The maximum Gasteiger partial charge on any atom is 0.472 e. The maximum atomic E-state index is 13.1. The molecule has 0 fully saturated rings. The predicted octanol–water partition coefficient (Wildman–Crippen LogP) is 23.1. The molecule has 0 bridgehead atoms. The first-order valence-electron chi connectivity index (χ1n) is 40.3. The molecular formula is C79H150O17P2. The molecule has 0 rings (SSSR count). The summed E-state index contributed by atoms with van der Waals surface area (Å²) in [4.78, 5) is 72.9. The van der Waals surface area contributed by atoms with Gasteiger partial charge in [0.1, 0.15) is 19.3 Å². The van der Waals surface area contributed by atoms with E-state index in [1.807, 2.05) is 0 Å². The summed E-state index contributed by atoms with van der Waals surface area (Å²) in [6.07, 6.45) is 61.9. The molecule has 0 aromatic carbocycles. The van der Waals surface area contributed by atoms with E-state index in [1.54, 1.807) is 0 Å². The van der Waals surface area contributed by atoms with Crippen molar-refractivity contribution in [3.8, 4) is 0 Å². The summed E-state index contributed by atoms with van der Waals surface area (Å²) in [5.41, 5.74) is 0. The van der Waals surface area contributed by atoms with Crippen LogP contribution in [0.25, 0.3) is 0 Å². The minimum Gasteiger partial charge on any atom is -0.462 e. The van der Waals surface area contributed by atoms with Crippen molar-refractivity contribution in [1.82, 2.24) is 0 Å². The van der Waals surface area contributed by atoms with E-state index >= 15 is 0 Å². The van der Waals surface area contributed by atoms with Crippen molar-refractivity contribution in [3.05, 3.63) is 24.3 Å². The van der Waals surface area contributed by atoms with Crippen LogP contribution in [0.4, 0.5) is 0 Å². The van der Waals surface area contributed by atoms with Gasteiger partial charge in [-0.15, -0.1) is 0 Å². The zero-order chi connectivity index (χ0) is 72.1. The Hall–Kier alpha value is -2.46. The fraction of sp³-hybridized carbons (Fsp3) is 0.899. The Kier molecular flexibility index (Phi) is 68.5. The lowest BCUT2D eigenvalue weighted by Crippen LogP contribution is -2.30. The van der Waals surface area contributed by atoms with E-state index in [0.29, 0.717) is 31.6 Å². The summed E-state index contributed by atoms with van der Waals surface area (Å²) >= 11 is 0. The van der Waals surface area contributed by atoms with Crippen LogP contribution in [0.5, 0.6) is 0 Å². The maximum absolute atomic E-state index is 13.1. The molecule has 0 aliphatic heterocycles. The third-order valence-corrected chi connectivity index (χ3v) is 19.7. The van der Waals surface area contributed by atoms with Crippen molar-refractivity contribution in [2.24, 2.45) is 11.8 Å². The number of allylic oxidation sites excluding steroid dienone is 4. The van der Waals surface area contributed by atoms with E-state index in [1.165, 1.54) is 186 Å². The Morgan fingerprint density at radius 3 is 0.837 bits per heavy atom. The summed E-state index contributed by atoms with van der Waals surface area (Å²) < 4.78 is 68.6. The molecule has 5 atom stereocenters. The molecule has 0 aliphatic carbocycles. The molecule has 0 aromatic rings. The first-order chi connectivity index (χ1) is 47.4. The Labute approximate surface area is 599 Å². The lowest BCUT2D eigenvalue weighted by atomic mass is 10.0. The summed E-state index contributed by atoms with van der Waals surface area (Å²) in [5, 5.41) is 10.6. The van der Waals surface area contributed by atoms with Gasteiger partial charge in [0.15, 0.2) is 12.2 Å². The highest BCUT2D eigenvalue weighted by Gasteiger charge is 2.30. The summed E-state index contributed by atoms with van der Waals surface area (Å²) in [5.74, 6) is -0.651. The van der Waals surface area contributed by atoms with Crippen LogP contribution >= 0.6 is 15.6 Å². The first-order valence-corrected chi connectivity index (χ1v) is 43.3. The number of aliphatic hydroxyl groups is 1. The molecule has 3 N–H and O–H groups in total. The van der Waals surface area contributed by atoms with Gasteiger partial charge in [0, 0.05) is 25.7 Å². The van der Waals surface area contributed by atoms with Crippen molar-refractivity contribution < 1.29 is 80.2 Å². The van der Waals surface area contributed by atoms with E-state index in [2.05, 4.69) is 65.8 Å². The van der Waals surface area contributed by atoms with Crippen LogP contribution in [-0.4, -0.2) is 96.7 Å². The fourth-order valence-electron chi connectivity index (χ4n) is 11.6. The van der Waals surface area contributed by atoms with Gasteiger partial charge in [0.2, 0.25) is 0 Å². The van der Waals surface area contributed by atoms with Gasteiger partial charge in [-0.25, -0.2) is 9.13 Å². The number of hydrogen-bond donors (Lipinski definition) is 3. The van der Waals surface area contributed by atoms with Crippen LogP contribution in [0.2, 0.25) is 0 Å². The Morgan fingerprint density at radius 1 is 0.316 bits per heavy atom. The second-order valence-electron chi connectivity index (χ2n) is 28.7. The number of carbonyl (C=O) groups excluding carboxylic acids is 4. The second kappa shape index (κ2) is 70.2. The molecule has 98 heavy (non-hydrogen) atoms. The largest absolute Gasteiger partial charge is 0.472 e. The summed E-state index contributed by atoms with van der Waals surface area (Å²) in [7, 11) is -9.93. The molecule has 0 spiro atoms. The summed E-state index contributed by atoms with van der Waals surface area (Å²) in [6, 6.07) is 0. The van der Waals surface area contributed by atoms with Crippen molar-refractivity contribution in [2.75, 3.05) is 39.6 Å². The van der Waals surface area contributed by atoms with E-state index in [9.17, 15) is 43.2 Å². The minimum absolute atomic E-state index is 0.0843. The molecule has 0 amide bonds. The minimum atomic E-state index is -4.97. The van der Waals surface area contributed by atoms with E-state index in [-0.39, 0.29) is 25.7 Å². The lowest BCUT2D eigenvalue weighted by molar-refractivity contribution is -0.161. The molecule has 0 aromatic heterocycles. The van der Waals surface area contributed by atoms with Crippen LogP contribution in [0.15, 0.2) is 24.3 Å². The zero-order valence-electron chi connectivity index (χ0n) is 63.6. The summed E-state index contributed by atoms with van der Waals surface area (Å²) in [6.45, 7) is 9.51. The lowest BCUT2D eigenvalue weighted by Gasteiger charge is -2.21. The average molecular weight is 1430 g/mol. The molecule has 0 saturated carbocycles. The quantitative estimate of drug-likeness (QED) is 0.0169. The average Bonchev–Trinajstić information content (AvgIpc) is 1.06. The molecule has 2 unspecified atom stereocenters. The number of phosphoric acid groups is 2. The standard InChI is InChI=1S/C79H150O17P2/c1-7-9-11-13-15-17-19-21-23-24-26-30-35-39-45-52-58-64-78(83)95-74(67-89-76(81)61-55-49-43-37-33-31-27-28-32-36-41-47-53-59-71(3)4)69-93-97(85,86)91-65-73(80)66-92-98(87,88)94-70-75(68-90-77(82)62-56-50-46-40-42-48-54-60-72(5)6)96-79(84)63-57-51-44-38-34-29-25-22-20-18-16-14-12-10-8-2/h18,20,22,25,71-75,80H,7-17,19,21,23-24,26-70H2,1-6H3,(H,85,86)(H,87,88)/b20-18-,25-22-/t73-,74-,75-/m1/s1. The number of unbranched alkanes of at least 4 members (excludes halogenated alkanes) is 43. The van der Waals surface area contributed by atoms with Crippen molar-refractivity contribution >= 4 is 39.5 Å². The van der Waals surface area contributed by atoms with Crippen LogP contribution in [0.1, 0.15) is 388 Å².